The summed E-state index contributed by atoms with van der Waals surface area (Å²) in [6.45, 7) is 2.25. The van der Waals surface area contributed by atoms with Gasteiger partial charge < -0.3 is 10.2 Å². The number of halogens is 3. The topological polar surface area (TPSA) is 63.1 Å². The summed E-state index contributed by atoms with van der Waals surface area (Å²) in [4.78, 5) is 18.0. The maximum atomic E-state index is 13.0. The Kier molecular flexibility index (Phi) is 5.17. The maximum Gasteiger partial charge on any atom is 0.433 e. The van der Waals surface area contributed by atoms with Gasteiger partial charge >= 0.3 is 12.2 Å². The number of alkyl halides is 3. The van der Waals surface area contributed by atoms with Crippen molar-refractivity contribution in [1.29, 1.82) is 0 Å². The van der Waals surface area contributed by atoms with Crippen molar-refractivity contribution >= 4 is 23.1 Å². The van der Waals surface area contributed by atoms with Crippen LogP contribution < -0.4 is 5.32 Å². The number of carbonyl (C=O) groups excluding carboxylic acids is 1. The number of amides is 2. The minimum atomic E-state index is -4.50. The molecule has 0 bridgehead atoms. The average molecular weight is 395 g/mol. The zero-order valence-corrected chi connectivity index (χ0v) is 15.3. The van der Waals surface area contributed by atoms with Crippen LogP contribution in [0.4, 0.5) is 23.7 Å². The fourth-order valence-electron chi connectivity index (χ4n) is 2.42. The summed E-state index contributed by atoms with van der Waals surface area (Å²) in [6, 6.07) is 6.53. The normalized spacial score (nSPS) is 11.4. The molecule has 3 aromatic rings. The van der Waals surface area contributed by atoms with Gasteiger partial charge in [-0.1, -0.05) is 0 Å². The van der Waals surface area contributed by atoms with Crippen LogP contribution in [0.5, 0.6) is 0 Å². The number of hydrogen-bond donors (Lipinski definition) is 1. The summed E-state index contributed by atoms with van der Waals surface area (Å²) < 4.78 is 39.7. The van der Waals surface area contributed by atoms with Gasteiger partial charge in [-0.05, 0) is 37.3 Å². The van der Waals surface area contributed by atoms with Crippen molar-refractivity contribution in [2.24, 2.45) is 0 Å². The number of benzene rings is 1. The van der Waals surface area contributed by atoms with Crippen molar-refractivity contribution in [2.45, 2.75) is 19.6 Å². The van der Waals surface area contributed by atoms with Gasteiger partial charge in [0.2, 0.25) is 0 Å². The summed E-state index contributed by atoms with van der Waals surface area (Å²) in [6.07, 6.45) is -3.41. The molecule has 142 valence electrons. The van der Waals surface area contributed by atoms with Gasteiger partial charge in [-0.2, -0.15) is 18.3 Å². The van der Waals surface area contributed by atoms with E-state index in [2.05, 4.69) is 15.4 Å². The Labute approximate surface area is 157 Å². The van der Waals surface area contributed by atoms with Gasteiger partial charge in [0.25, 0.3) is 0 Å². The van der Waals surface area contributed by atoms with E-state index in [4.69, 9.17) is 0 Å². The quantitative estimate of drug-likeness (QED) is 0.716. The van der Waals surface area contributed by atoms with Crippen molar-refractivity contribution < 1.29 is 18.0 Å². The van der Waals surface area contributed by atoms with Crippen LogP contribution in [-0.4, -0.2) is 32.7 Å². The summed E-state index contributed by atoms with van der Waals surface area (Å²) >= 11 is 1.51. The number of hydrogen-bond acceptors (Lipinski definition) is 4. The lowest BCUT2D eigenvalue weighted by Gasteiger charge is -2.17. The van der Waals surface area contributed by atoms with E-state index in [0.717, 1.165) is 27.6 Å². The van der Waals surface area contributed by atoms with Crippen molar-refractivity contribution in [1.82, 2.24) is 19.7 Å². The molecule has 10 heteroatoms. The van der Waals surface area contributed by atoms with E-state index < -0.39 is 11.9 Å². The highest BCUT2D eigenvalue weighted by atomic mass is 32.1. The predicted octanol–water partition coefficient (Wildman–Crippen LogP) is 4.32. The first-order chi connectivity index (χ1) is 12.7. The molecule has 0 unspecified atom stereocenters. The van der Waals surface area contributed by atoms with Crippen LogP contribution in [0.15, 0.2) is 41.9 Å². The fourth-order valence-corrected chi connectivity index (χ4v) is 3.03. The fraction of sp³-hybridized carbons (Fsp3) is 0.235. The van der Waals surface area contributed by atoms with Crippen LogP contribution in [0.25, 0.3) is 5.69 Å². The monoisotopic (exact) mass is 395 g/mol. The SMILES string of the molecule is Cc1nc(CN(C)C(=O)Nc2ccc(-n3nccc3C(F)(F)F)cc2)cs1. The first-order valence-corrected chi connectivity index (χ1v) is 8.77. The number of nitrogens with zero attached hydrogens (tertiary/aromatic N) is 4. The van der Waals surface area contributed by atoms with E-state index in [1.807, 2.05) is 12.3 Å². The van der Waals surface area contributed by atoms with Gasteiger partial charge in [0.05, 0.1) is 29.1 Å². The van der Waals surface area contributed by atoms with Crippen LogP contribution in [-0.2, 0) is 12.7 Å². The number of urea groups is 1. The Morgan fingerprint density at radius 1 is 1.26 bits per heavy atom. The smallest absolute Gasteiger partial charge is 0.322 e. The molecule has 1 N–H and O–H groups in total. The molecule has 1 aromatic carbocycles. The number of nitrogens with one attached hydrogen (secondary N) is 1. The highest BCUT2D eigenvalue weighted by molar-refractivity contribution is 7.09. The van der Waals surface area contributed by atoms with Crippen molar-refractivity contribution in [3.63, 3.8) is 0 Å². The number of carbonyl (C=O) groups is 1. The summed E-state index contributed by atoms with van der Waals surface area (Å²) in [5, 5.41) is 9.22. The Hall–Kier alpha value is -2.88. The second kappa shape index (κ2) is 7.39. The van der Waals surface area contributed by atoms with E-state index in [9.17, 15) is 18.0 Å². The highest BCUT2D eigenvalue weighted by Crippen LogP contribution is 2.30. The van der Waals surface area contributed by atoms with E-state index >= 15 is 0 Å². The third-order valence-electron chi connectivity index (χ3n) is 3.71. The number of anilines is 1. The molecular weight excluding hydrogens is 379 g/mol. The third-order valence-corrected chi connectivity index (χ3v) is 4.53. The second-order valence-electron chi connectivity index (χ2n) is 5.82. The summed E-state index contributed by atoms with van der Waals surface area (Å²) in [5.74, 6) is 0. The Morgan fingerprint density at radius 3 is 2.56 bits per heavy atom. The number of aryl methyl sites for hydroxylation is 1. The minimum absolute atomic E-state index is 0.247. The van der Waals surface area contributed by atoms with Crippen LogP contribution in [0, 0.1) is 6.92 Å². The van der Waals surface area contributed by atoms with Crippen LogP contribution >= 0.6 is 11.3 Å². The van der Waals surface area contributed by atoms with Crippen LogP contribution in [0.3, 0.4) is 0 Å². The molecule has 0 saturated heterocycles. The predicted molar refractivity (Wildman–Crippen MR) is 95.9 cm³/mol. The number of thiazole rings is 1. The number of rotatable bonds is 4. The third kappa shape index (κ3) is 4.45. The first-order valence-electron chi connectivity index (χ1n) is 7.89. The zero-order valence-electron chi connectivity index (χ0n) is 14.5. The Morgan fingerprint density at radius 2 is 1.96 bits per heavy atom. The lowest BCUT2D eigenvalue weighted by Crippen LogP contribution is -2.30. The second-order valence-corrected chi connectivity index (χ2v) is 6.88. The molecule has 0 aliphatic carbocycles. The summed E-state index contributed by atoms with van der Waals surface area (Å²) in [5.41, 5.74) is 0.642. The minimum Gasteiger partial charge on any atom is -0.322 e. The molecular formula is C17H16F3N5OS. The standard InChI is InChI=1S/C17H16F3N5OS/c1-11-22-13(10-27-11)9-24(2)16(26)23-12-3-5-14(6-4-12)25-15(7-8-21-25)17(18,19)20/h3-8,10H,9H2,1-2H3,(H,23,26). The van der Waals surface area contributed by atoms with E-state index in [0.29, 0.717) is 12.2 Å². The van der Waals surface area contributed by atoms with E-state index in [-0.39, 0.29) is 11.7 Å². The van der Waals surface area contributed by atoms with Crippen molar-refractivity contribution in [3.05, 3.63) is 58.3 Å². The molecule has 0 spiro atoms. The van der Waals surface area contributed by atoms with Gasteiger partial charge in [-0.3, -0.25) is 0 Å². The lowest BCUT2D eigenvalue weighted by molar-refractivity contribution is -0.142. The van der Waals surface area contributed by atoms with Gasteiger partial charge in [-0.15, -0.1) is 11.3 Å². The molecule has 2 aromatic heterocycles. The molecule has 27 heavy (non-hydrogen) atoms. The molecule has 0 fully saturated rings. The lowest BCUT2D eigenvalue weighted by atomic mass is 10.2. The molecule has 0 aliphatic rings. The molecule has 0 saturated carbocycles. The van der Waals surface area contributed by atoms with E-state index in [1.54, 1.807) is 7.05 Å². The molecule has 2 amide bonds. The molecule has 0 radical (unpaired) electrons. The first kappa shape index (κ1) is 18.9. The molecule has 0 atom stereocenters. The van der Waals surface area contributed by atoms with Crippen molar-refractivity contribution in [3.8, 4) is 5.69 Å². The largest absolute Gasteiger partial charge is 0.433 e. The molecule has 0 aliphatic heterocycles. The van der Waals surface area contributed by atoms with E-state index in [1.165, 1.54) is 40.5 Å². The van der Waals surface area contributed by atoms with Crippen LogP contribution in [0.1, 0.15) is 16.4 Å². The molecule has 3 rings (SSSR count). The van der Waals surface area contributed by atoms with Gasteiger partial charge in [0.15, 0.2) is 0 Å². The number of aromatic nitrogens is 3. The molecule has 6 nitrogen and oxygen atoms in total. The highest BCUT2D eigenvalue weighted by Gasteiger charge is 2.35. The van der Waals surface area contributed by atoms with Crippen molar-refractivity contribution in [2.75, 3.05) is 12.4 Å². The average Bonchev–Trinajstić information content (AvgIpc) is 3.24. The zero-order chi connectivity index (χ0) is 19.6. The Bertz CT molecular complexity index is 933. The van der Waals surface area contributed by atoms with Gasteiger partial charge in [-0.25, -0.2) is 14.5 Å². The summed E-state index contributed by atoms with van der Waals surface area (Å²) in [7, 11) is 1.64. The molecule has 2 heterocycles. The van der Waals surface area contributed by atoms with Crippen LogP contribution in [0.2, 0.25) is 0 Å². The van der Waals surface area contributed by atoms with Gasteiger partial charge in [0.1, 0.15) is 5.69 Å². The van der Waals surface area contributed by atoms with Gasteiger partial charge in [0, 0.05) is 18.1 Å². The Balaban J connectivity index is 1.67. The maximum absolute atomic E-state index is 13.0.